The Morgan fingerprint density at radius 1 is 1.32 bits per heavy atom. The van der Waals surface area contributed by atoms with Crippen LogP contribution in [-0.2, 0) is 9.53 Å². The van der Waals surface area contributed by atoms with E-state index in [1.54, 1.807) is 13.2 Å². The summed E-state index contributed by atoms with van der Waals surface area (Å²) in [5, 5.41) is 2.97. The highest BCUT2D eigenvalue weighted by Gasteiger charge is 2.39. The molecule has 2 rings (SSSR count). The van der Waals surface area contributed by atoms with Crippen molar-refractivity contribution in [2.45, 2.75) is 58.0 Å². The molecular weight excluding hydrogens is 280 g/mol. The number of pyridine rings is 1. The molecular formula is C17H26N2O3. The van der Waals surface area contributed by atoms with Gasteiger partial charge in [0.25, 0.3) is 5.91 Å². The second-order valence-corrected chi connectivity index (χ2v) is 5.84. The lowest BCUT2D eigenvalue weighted by atomic mass is 9.84. The average molecular weight is 306 g/mol. The molecule has 1 fully saturated rings. The second-order valence-electron chi connectivity index (χ2n) is 5.84. The molecule has 0 bridgehead atoms. The predicted octanol–water partition coefficient (Wildman–Crippen LogP) is 3.47. The summed E-state index contributed by atoms with van der Waals surface area (Å²) in [5.41, 5.74) is 0.780. The first-order valence-corrected chi connectivity index (χ1v) is 8.08. The molecule has 1 amide bonds. The molecule has 22 heavy (non-hydrogen) atoms. The molecule has 5 heteroatoms. The van der Waals surface area contributed by atoms with Crippen molar-refractivity contribution in [3.05, 3.63) is 17.8 Å². The molecule has 0 unspecified atom stereocenters. The van der Waals surface area contributed by atoms with E-state index in [2.05, 4.69) is 17.2 Å². The quantitative estimate of drug-likeness (QED) is 0.874. The third kappa shape index (κ3) is 3.77. The van der Waals surface area contributed by atoms with Gasteiger partial charge in [-0.2, -0.15) is 0 Å². The molecule has 0 aromatic carbocycles. The Hall–Kier alpha value is -1.62. The Bertz CT molecular complexity index is 511. The van der Waals surface area contributed by atoms with Crippen LogP contribution in [0.4, 0.5) is 5.69 Å². The third-order valence-corrected chi connectivity index (χ3v) is 4.23. The SMILES string of the molecule is CCCOc1ccc(NC(=O)C2(OC)CCCCC2)c(C)n1. The first-order chi connectivity index (χ1) is 10.6. The van der Waals surface area contributed by atoms with Gasteiger partial charge in [0.15, 0.2) is 0 Å². The molecule has 1 aromatic rings. The fourth-order valence-corrected chi connectivity index (χ4v) is 2.84. The summed E-state index contributed by atoms with van der Waals surface area (Å²) in [6, 6.07) is 3.63. The van der Waals surface area contributed by atoms with Crippen LogP contribution in [0.1, 0.15) is 51.1 Å². The average Bonchev–Trinajstić information content (AvgIpc) is 2.55. The van der Waals surface area contributed by atoms with Gasteiger partial charge in [-0.05, 0) is 32.3 Å². The van der Waals surface area contributed by atoms with Crippen LogP contribution in [-0.4, -0.2) is 30.2 Å². The molecule has 1 N–H and O–H groups in total. The van der Waals surface area contributed by atoms with Crippen molar-refractivity contribution in [2.75, 3.05) is 19.0 Å². The number of aryl methyl sites for hydroxylation is 1. The highest BCUT2D eigenvalue weighted by molar-refractivity contribution is 5.97. The van der Waals surface area contributed by atoms with Gasteiger partial charge >= 0.3 is 0 Å². The molecule has 1 aromatic heterocycles. The van der Waals surface area contributed by atoms with E-state index in [0.29, 0.717) is 12.5 Å². The topological polar surface area (TPSA) is 60.5 Å². The minimum atomic E-state index is -0.692. The lowest BCUT2D eigenvalue weighted by Crippen LogP contribution is -2.46. The highest BCUT2D eigenvalue weighted by Crippen LogP contribution is 2.32. The van der Waals surface area contributed by atoms with Crippen LogP contribution in [0.3, 0.4) is 0 Å². The van der Waals surface area contributed by atoms with Crippen LogP contribution in [0.2, 0.25) is 0 Å². The number of nitrogens with one attached hydrogen (secondary N) is 1. The zero-order valence-corrected chi connectivity index (χ0v) is 13.8. The van der Waals surface area contributed by atoms with Gasteiger partial charge in [0.1, 0.15) is 5.60 Å². The van der Waals surface area contributed by atoms with Crippen molar-refractivity contribution in [2.24, 2.45) is 0 Å². The number of aromatic nitrogens is 1. The number of ether oxygens (including phenoxy) is 2. The first kappa shape index (κ1) is 16.7. The van der Waals surface area contributed by atoms with Crippen molar-refractivity contribution in [3.8, 4) is 5.88 Å². The minimum absolute atomic E-state index is 0.0678. The minimum Gasteiger partial charge on any atom is -0.478 e. The van der Waals surface area contributed by atoms with E-state index in [0.717, 1.165) is 43.5 Å². The van der Waals surface area contributed by atoms with Gasteiger partial charge in [-0.1, -0.05) is 26.2 Å². The van der Waals surface area contributed by atoms with Gasteiger partial charge in [-0.25, -0.2) is 4.98 Å². The van der Waals surface area contributed by atoms with Crippen LogP contribution in [0.25, 0.3) is 0 Å². The monoisotopic (exact) mass is 306 g/mol. The maximum absolute atomic E-state index is 12.6. The number of anilines is 1. The maximum Gasteiger partial charge on any atom is 0.256 e. The molecule has 0 saturated heterocycles. The standard InChI is InChI=1S/C17H26N2O3/c1-4-12-22-15-9-8-14(13(2)18-15)19-16(20)17(21-3)10-6-5-7-11-17/h8-9H,4-7,10-12H2,1-3H3,(H,19,20). The Labute approximate surface area is 132 Å². The normalized spacial score (nSPS) is 17.0. The highest BCUT2D eigenvalue weighted by atomic mass is 16.5. The van der Waals surface area contributed by atoms with E-state index in [4.69, 9.17) is 9.47 Å². The zero-order chi connectivity index (χ0) is 16.0. The lowest BCUT2D eigenvalue weighted by Gasteiger charge is -2.34. The van der Waals surface area contributed by atoms with Crippen molar-refractivity contribution in [1.82, 2.24) is 4.98 Å². The Morgan fingerprint density at radius 3 is 2.64 bits per heavy atom. The van der Waals surface area contributed by atoms with Crippen LogP contribution >= 0.6 is 0 Å². The molecule has 1 aliphatic rings. The van der Waals surface area contributed by atoms with Crippen LogP contribution < -0.4 is 10.1 Å². The van der Waals surface area contributed by atoms with E-state index in [-0.39, 0.29) is 5.91 Å². The second kappa shape index (κ2) is 7.58. The van der Waals surface area contributed by atoms with Crippen LogP contribution in [0.15, 0.2) is 12.1 Å². The number of nitrogens with zero attached hydrogens (tertiary/aromatic N) is 1. The van der Waals surface area contributed by atoms with Gasteiger partial charge in [-0.15, -0.1) is 0 Å². The van der Waals surface area contributed by atoms with Gasteiger partial charge in [0.2, 0.25) is 5.88 Å². The summed E-state index contributed by atoms with van der Waals surface area (Å²) in [6.45, 7) is 4.56. The van der Waals surface area contributed by atoms with Gasteiger partial charge in [0.05, 0.1) is 18.0 Å². The van der Waals surface area contributed by atoms with Gasteiger partial charge in [0, 0.05) is 13.2 Å². The summed E-state index contributed by atoms with van der Waals surface area (Å²) < 4.78 is 11.1. The van der Waals surface area contributed by atoms with Crippen molar-refractivity contribution < 1.29 is 14.3 Å². The first-order valence-electron chi connectivity index (χ1n) is 8.08. The van der Waals surface area contributed by atoms with E-state index in [1.165, 1.54) is 6.42 Å². The number of methoxy groups -OCH3 is 1. The largest absolute Gasteiger partial charge is 0.478 e. The number of hydrogen-bond acceptors (Lipinski definition) is 4. The molecule has 1 saturated carbocycles. The lowest BCUT2D eigenvalue weighted by molar-refractivity contribution is -0.141. The van der Waals surface area contributed by atoms with Crippen molar-refractivity contribution >= 4 is 11.6 Å². The molecule has 122 valence electrons. The summed E-state index contributed by atoms with van der Waals surface area (Å²) in [4.78, 5) is 17.0. The molecule has 1 aliphatic carbocycles. The van der Waals surface area contributed by atoms with E-state index in [1.807, 2.05) is 13.0 Å². The molecule has 1 heterocycles. The van der Waals surface area contributed by atoms with Gasteiger partial charge < -0.3 is 14.8 Å². The van der Waals surface area contributed by atoms with Crippen molar-refractivity contribution in [1.29, 1.82) is 0 Å². The molecule has 0 aliphatic heterocycles. The Kier molecular flexibility index (Phi) is 5.77. The van der Waals surface area contributed by atoms with E-state index < -0.39 is 5.60 Å². The third-order valence-electron chi connectivity index (χ3n) is 4.23. The summed E-state index contributed by atoms with van der Waals surface area (Å²) >= 11 is 0. The number of carbonyl (C=O) groups excluding carboxylic acids is 1. The molecule has 0 atom stereocenters. The molecule has 0 radical (unpaired) electrons. The molecule has 0 spiro atoms. The molecule has 5 nitrogen and oxygen atoms in total. The van der Waals surface area contributed by atoms with Crippen LogP contribution in [0.5, 0.6) is 5.88 Å². The Balaban J connectivity index is 2.07. The number of rotatable bonds is 6. The number of hydrogen-bond donors (Lipinski definition) is 1. The Morgan fingerprint density at radius 2 is 2.05 bits per heavy atom. The summed E-state index contributed by atoms with van der Waals surface area (Å²) in [6.07, 6.45) is 5.72. The number of carbonyl (C=O) groups is 1. The summed E-state index contributed by atoms with van der Waals surface area (Å²) in [7, 11) is 1.62. The van der Waals surface area contributed by atoms with Crippen LogP contribution in [0, 0.1) is 6.92 Å². The van der Waals surface area contributed by atoms with Crippen molar-refractivity contribution in [3.63, 3.8) is 0 Å². The number of amides is 1. The van der Waals surface area contributed by atoms with E-state index >= 15 is 0 Å². The summed E-state index contributed by atoms with van der Waals surface area (Å²) in [5.74, 6) is 0.526. The fraction of sp³-hybridized carbons (Fsp3) is 0.647. The zero-order valence-electron chi connectivity index (χ0n) is 13.8. The fourth-order valence-electron chi connectivity index (χ4n) is 2.84. The predicted molar refractivity (Wildman–Crippen MR) is 86.2 cm³/mol. The van der Waals surface area contributed by atoms with E-state index in [9.17, 15) is 4.79 Å². The van der Waals surface area contributed by atoms with Gasteiger partial charge in [-0.3, -0.25) is 4.79 Å². The smallest absolute Gasteiger partial charge is 0.256 e. The maximum atomic E-state index is 12.6.